The molecule has 0 radical (unpaired) electrons. The van der Waals surface area contributed by atoms with Gasteiger partial charge in [-0.2, -0.15) is 0 Å². The SMILES string of the molecule is CCC(CC)(C(=O)O)n1cccc(OCCN(C)C)c1=O. The van der Waals surface area contributed by atoms with E-state index >= 15 is 0 Å². The molecule has 0 amide bonds. The van der Waals surface area contributed by atoms with Crippen LogP contribution in [0.5, 0.6) is 5.75 Å². The van der Waals surface area contributed by atoms with Crippen molar-refractivity contribution in [3.8, 4) is 5.75 Å². The number of carboxylic acids is 1. The lowest BCUT2D eigenvalue weighted by Gasteiger charge is -2.29. The highest BCUT2D eigenvalue weighted by atomic mass is 16.5. The van der Waals surface area contributed by atoms with Crippen LogP contribution in [0.2, 0.25) is 0 Å². The Morgan fingerprint density at radius 3 is 2.48 bits per heavy atom. The Balaban J connectivity index is 3.15. The second kappa shape index (κ2) is 7.26. The van der Waals surface area contributed by atoms with Gasteiger partial charge in [0.05, 0.1) is 0 Å². The van der Waals surface area contributed by atoms with Crippen LogP contribution in [0.1, 0.15) is 26.7 Å². The standard InChI is InChI=1S/C15H24N2O4/c1-5-15(6-2,14(19)20)17-9-7-8-12(13(17)18)21-11-10-16(3)4/h7-9H,5-6,10-11H2,1-4H3,(H,19,20). The van der Waals surface area contributed by atoms with E-state index in [-0.39, 0.29) is 5.75 Å². The maximum Gasteiger partial charge on any atom is 0.329 e. The molecular weight excluding hydrogens is 272 g/mol. The average Bonchev–Trinajstić information content (AvgIpc) is 2.43. The largest absolute Gasteiger partial charge is 0.487 e. The summed E-state index contributed by atoms with van der Waals surface area (Å²) in [5, 5.41) is 9.53. The van der Waals surface area contributed by atoms with E-state index in [1.807, 2.05) is 19.0 Å². The quantitative estimate of drug-likeness (QED) is 0.785. The molecule has 0 aliphatic heterocycles. The number of carboxylic acid groups (broad SMARTS) is 1. The molecule has 0 bridgehead atoms. The molecule has 6 heteroatoms. The molecule has 0 aliphatic carbocycles. The summed E-state index contributed by atoms with van der Waals surface area (Å²) in [7, 11) is 3.83. The third-order valence-electron chi connectivity index (χ3n) is 3.74. The van der Waals surface area contributed by atoms with Crippen molar-refractivity contribution < 1.29 is 14.6 Å². The van der Waals surface area contributed by atoms with Gasteiger partial charge in [0.15, 0.2) is 5.75 Å². The van der Waals surface area contributed by atoms with Gasteiger partial charge in [0.25, 0.3) is 5.56 Å². The summed E-state index contributed by atoms with van der Waals surface area (Å²) < 4.78 is 6.76. The summed E-state index contributed by atoms with van der Waals surface area (Å²) >= 11 is 0. The van der Waals surface area contributed by atoms with Crippen LogP contribution in [-0.4, -0.2) is 47.8 Å². The molecule has 0 saturated carbocycles. The van der Waals surface area contributed by atoms with E-state index in [4.69, 9.17) is 4.74 Å². The maximum absolute atomic E-state index is 12.5. The van der Waals surface area contributed by atoms with E-state index in [0.717, 1.165) is 0 Å². The van der Waals surface area contributed by atoms with Crippen molar-refractivity contribution >= 4 is 5.97 Å². The van der Waals surface area contributed by atoms with Gasteiger partial charge in [0.2, 0.25) is 0 Å². The van der Waals surface area contributed by atoms with Crippen LogP contribution in [0.25, 0.3) is 0 Å². The lowest BCUT2D eigenvalue weighted by molar-refractivity contribution is -0.148. The summed E-state index contributed by atoms with van der Waals surface area (Å²) in [5.41, 5.74) is -1.62. The molecule has 118 valence electrons. The third kappa shape index (κ3) is 3.64. The fourth-order valence-corrected chi connectivity index (χ4v) is 2.26. The molecule has 0 fully saturated rings. The molecule has 0 spiro atoms. The highest BCUT2D eigenvalue weighted by molar-refractivity contribution is 5.76. The molecule has 0 atom stereocenters. The fraction of sp³-hybridized carbons (Fsp3) is 0.600. The zero-order valence-electron chi connectivity index (χ0n) is 13.1. The second-order valence-corrected chi connectivity index (χ2v) is 5.24. The van der Waals surface area contributed by atoms with Gasteiger partial charge >= 0.3 is 5.97 Å². The molecule has 0 aliphatic rings. The van der Waals surface area contributed by atoms with Gasteiger partial charge in [-0.15, -0.1) is 0 Å². The number of hydrogen-bond donors (Lipinski definition) is 1. The number of pyridine rings is 1. The van der Waals surface area contributed by atoms with Crippen LogP contribution in [0.3, 0.4) is 0 Å². The van der Waals surface area contributed by atoms with Crippen molar-refractivity contribution in [2.75, 3.05) is 27.2 Å². The van der Waals surface area contributed by atoms with Crippen LogP contribution in [0, 0.1) is 0 Å². The monoisotopic (exact) mass is 296 g/mol. The number of aliphatic carboxylic acids is 1. The van der Waals surface area contributed by atoms with E-state index in [9.17, 15) is 14.7 Å². The van der Waals surface area contributed by atoms with Crippen molar-refractivity contribution in [1.29, 1.82) is 0 Å². The Morgan fingerprint density at radius 2 is 2.00 bits per heavy atom. The molecule has 1 rings (SSSR count). The van der Waals surface area contributed by atoms with E-state index in [2.05, 4.69) is 0 Å². The van der Waals surface area contributed by atoms with E-state index in [0.29, 0.717) is 26.0 Å². The van der Waals surface area contributed by atoms with Crippen LogP contribution in [-0.2, 0) is 10.3 Å². The Hall–Kier alpha value is -1.82. The Labute approximate surface area is 125 Å². The van der Waals surface area contributed by atoms with E-state index in [1.165, 1.54) is 10.8 Å². The molecule has 1 N–H and O–H groups in total. The molecule has 0 saturated heterocycles. The van der Waals surface area contributed by atoms with Crippen molar-refractivity contribution in [2.24, 2.45) is 0 Å². The summed E-state index contributed by atoms with van der Waals surface area (Å²) in [4.78, 5) is 26.1. The van der Waals surface area contributed by atoms with Gasteiger partial charge in [-0.05, 0) is 39.1 Å². The Bertz CT molecular complexity index is 533. The minimum atomic E-state index is -1.22. The second-order valence-electron chi connectivity index (χ2n) is 5.24. The average molecular weight is 296 g/mol. The number of rotatable bonds is 8. The molecule has 1 aromatic heterocycles. The zero-order valence-corrected chi connectivity index (χ0v) is 13.1. The van der Waals surface area contributed by atoms with Crippen LogP contribution < -0.4 is 10.3 Å². The van der Waals surface area contributed by atoms with E-state index < -0.39 is 17.1 Å². The lowest BCUT2D eigenvalue weighted by Crippen LogP contribution is -2.46. The predicted molar refractivity (Wildman–Crippen MR) is 80.9 cm³/mol. The minimum Gasteiger partial charge on any atom is -0.487 e. The smallest absolute Gasteiger partial charge is 0.329 e. The summed E-state index contributed by atoms with van der Waals surface area (Å²) in [5.74, 6) is -0.813. The van der Waals surface area contributed by atoms with Crippen molar-refractivity contribution in [3.05, 3.63) is 28.7 Å². The minimum absolute atomic E-state index is 0.187. The van der Waals surface area contributed by atoms with Gasteiger partial charge in [-0.1, -0.05) is 13.8 Å². The van der Waals surface area contributed by atoms with Gasteiger partial charge in [-0.25, -0.2) is 4.79 Å². The Kier molecular flexibility index (Phi) is 5.96. The number of aromatic nitrogens is 1. The van der Waals surface area contributed by atoms with Crippen LogP contribution in [0.15, 0.2) is 23.1 Å². The van der Waals surface area contributed by atoms with Crippen molar-refractivity contribution in [2.45, 2.75) is 32.2 Å². The number of carbonyl (C=O) groups is 1. The number of ether oxygens (including phenoxy) is 1. The molecule has 1 heterocycles. The molecule has 1 aromatic rings. The predicted octanol–water partition coefficient (Wildman–Crippen LogP) is 1.39. The van der Waals surface area contributed by atoms with Gasteiger partial charge < -0.3 is 14.7 Å². The maximum atomic E-state index is 12.5. The molecule has 6 nitrogen and oxygen atoms in total. The number of nitrogens with zero attached hydrogens (tertiary/aromatic N) is 2. The first-order valence-corrected chi connectivity index (χ1v) is 7.12. The lowest BCUT2D eigenvalue weighted by atomic mass is 9.92. The van der Waals surface area contributed by atoms with Gasteiger partial charge in [0.1, 0.15) is 12.1 Å². The van der Waals surface area contributed by atoms with Crippen molar-refractivity contribution in [3.63, 3.8) is 0 Å². The normalized spacial score (nSPS) is 11.7. The number of hydrogen-bond acceptors (Lipinski definition) is 4. The van der Waals surface area contributed by atoms with Gasteiger partial charge in [-0.3, -0.25) is 9.36 Å². The van der Waals surface area contributed by atoms with Crippen LogP contribution >= 0.6 is 0 Å². The van der Waals surface area contributed by atoms with Gasteiger partial charge in [0, 0.05) is 12.7 Å². The van der Waals surface area contributed by atoms with E-state index in [1.54, 1.807) is 26.0 Å². The molecular formula is C15H24N2O4. The number of likely N-dealkylation sites (N-methyl/N-ethyl adjacent to an activating group) is 1. The summed E-state index contributed by atoms with van der Waals surface area (Å²) in [6, 6.07) is 3.22. The van der Waals surface area contributed by atoms with Crippen LogP contribution in [0.4, 0.5) is 0 Å². The fourth-order valence-electron chi connectivity index (χ4n) is 2.26. The molecule has 0 unspecified atom stereocenters. The highest BCUT2D eigenvalue weighted by Gasteiger charge is 2.38. The molecule has 0 aromatic carbocycles. The highest BCUT2D eigenvalue weighted by Crippen LogP contribution is 2.24. The topological polar surface area (TPSA) is 71.8 Å². The first-order valence-electron chi connectivity index (χ1n) is 7.12. The van der Waals surface area contributed by atoms with Crippen molar-refractivity contribution in [1.82, 2.24) is 9.47 Å². The first-order chi connectivity index (χ1) is 9.89. The third-order valence-corrected chi connectivity index (χ3v) is 3.74. The zero-order chi connectivity index (χ0) is 16.0. The Morgan fingerprint density at radius 1 is 1.38 bits per heavy atom. The summed E-state index contributed by atoms with van der Waals surface area (Å²) in [6.45, 7) is 4.60. The first kappa shape index (κ1) is 17.2. The molecule has 21 heavy (non-hydrogen) atoms. The summed E-state index contributed by atoms with van der Waals surface area (Å²) in [6.07, 6.45) is 2.18.